The van der Waals surface area contributed by atoms with E-state index in [4.69, 9.17) is 0 Å². The van der Waals surface area contributed by atoms with Crippen LogP contribution in [-0.2, 0) is 7.05 Å². The zero-order valence-corrected chi connectivity index (χ0v) is 12.5. The molecule has 0 fully saturated rings. The van der Waals surface area contributed by atoms with Crippen LogP contribution in [0.15, 0.2) is 35.4 Å². The van der Waals surface area contributed by atoms with Gasteiger partial charge in [-0.3, -0.25) is 14.6 Å². The number of amides is 1. The minimum Gasteiger partial charge on any atom is -0.378 e. The van der Waals surface area contributed by atoms with Gasteiger partial charge in [-0.25, -0.2) is 0 Å². The third kappa shape index (κ3) is 3.10. The molecule has 110 valence electrons. The molecule has 0 saturated heterocycles. The molecule has 1 amide bonds. The second-order valence-corrected chi connectivity index (χ2v) is 5.04. The average Bonchev–Trinajstić information content (AvgIpc) is 2.47. The molecule has 0 atom stereocenters. The Balaban J connectivity index is 2.33. The van der Waals surface area contributed by atoms with E-state index >= 15 is 0 Å². The lowest BCUT2D eigenvalue weighted by Gasteiger charge is -2.13. The van der Waals surface area contributed by atoms with Crippen LogP contribution in [0.3, 0.4) is 0 Å². The minimum atomic E-state index is -0.398. The van der Waals surface area contributed by atoms with E-state index in [-0.39, 0.29) is 16.9 Å². The molecule has 6 heteroatoms. The van der Waals surface area contributed by atoms with E-state index in [1.807, 2.05) is 25.1 Å². The standard InChI is InChI=1S/C15H18N4O2/c1-10-6-8-19(4)15(21)13(10)17-14(20)12-9-11(18(2)3)5-7-16-12/h5-9H,1-4H3,(H,17,20). The third-order valence-corrected chi connectivity index (χ3v) is 3.21. The molecule has 2 rings (SSSR count). The summed E-state index contributed by atoms with van der Waals surface area (Å²) in [6, 6.07) is 5.27. The second kappa shape index (κ2) is 5.78. The lowest BCUT2D eigenvalue weighted by Crippen LogP contribution is -2.25. The van der Waals surface area contributed by atoms with Crippen LogP contribution in [0.25, 0.3) is 0 Å². The van der Waals surface area contributed by atoms with Gasteiger partial charge in [0.25, 0.3) is 11.5 Å². The highest BCUT2D eigenvalue weighted by atomic mass is 16.2. The van der Waals surface area contributed by atoms with Crippen LogP contribution < -0.4 is 15.8 Å². The summed E-state index contributed by atoms with van der Waals surface area (Å²) in [7, 11) is 5.41. The van der Waals surface area contributed by atoms with E-state index in [0.29, 0.717) is 0 Å². The van der Waals surface area contributed by atoms with Crippen molar-refractivity contribution in [3.8, 4) is 0 Å². The number of nitrogens with one attached hydrogen (secondary N) is 1. The summed E-state index contributed by atoms with van der Waals surface area (Å²) in [5.74, 6) is -0.398. The molecule has 6 nitrogen and oxygen atoms in total. The number of pyridine rings is 2. The zero-order valence-electron chi connectivity index (χ0n) is 12.5. The number of hydrogen-bond acceptors (Lipinski definition) is 4. The molecular formula is C15H18N4O2. The van der Waals surface area contributed by atoms with E-state index in [9.17, 15) is 9.59 Å². The lowest BCUT2D eigenvalue weighted by molar-refractivity contribution is 0.102. The smallest absolute Gasteiger partial charge is 0.274 e. The predicted molar refractivity (Wildman–Crippen MR) is 82.9 cm³/mol. The Bertz CT molecular complexity index is 735. The van der Waals surface area contributed by atoms with Crippen molar-refractivity contribution in [2.24, 2.45) is 7.05 Å². The van der Waals surface area contributed by atoms with Crippen molar-refractivity contribution in [1.82, 2.24) is 9.55 Å². The Morgan fingerprint density at radius 3 is 2.71 bits per heavy atom. The van der Waals surface area contributed by atoms with E-state index in [1.165, 1.54) is 4.57 Å². The Morgan fingerprint density at radius 1 is 1.33 bits per heavy atom. The van der Waals surface area contributed by atoms with Gasteiger partial charge < -0.3 is 14.8 Å². The van der Waals surface area contributed by atoms with Crippen LogP contribution >= 0.6 is 0 Å². The van der Waals surface area contributed by atoms with E-state index in [2.05, 4.69) is 10.3 Å². The van der Waals surface area contributed by atoms with Crippen molar-refractivity contribution in [1.29, 1.82) is 0 Å². The highest BCUT2D eigenvalue weighted by molar-refractivity contribution is 6.03. The maximum atomic E-state index is 12.3. The van der Waals surface area contributed by atoms with E-state index < -0.39 is 5.91 Å². The Kier molecular flexibility index (Phi) is 4.07. The van der Waals surface area contributed by atoms with Crippen LogP contribution in [0.1, 0.15) is 16.1 Å². The predicted octanol–water partition coefficient (Wildman–Crippen LogP) is 1.41. The summed E-state index contributed by atoms with van der Waals surface area (Å²) in [4.78, 5) is 30.2. The maximum absolute atomic E-state index is 12.3. The summed E-state index contributed by atoms with van der Waals surface area (Å²) in [5, 5.41) is 2.65. The minimum absolute atomic E-state index is 0.243. The first-order chi connectivity index (χ1) is 9.90. The molecule has 0 bridgehead atoms. The molecule has 0 unspecified atom stereocenters. The quantitative estimate of drug-likeness (QED) is 0.926. The molecule has 0 aromatic carbocycles. The van der Waals surface area contributed by atoms with Crippen LogP contribution in [0.5, 0.6) is 0 Å². The second-order valence-electron chi connectivity index (χ2n) is 5.04. The number of carbonyl (C=O) groups excluding carboxylic acids is 1. The summed E-state index contributed by atoms with van der Waals surface area (Å²) in [6.45, 7) is 1.78. The Hall–Kier alpha value is -2.63. The summed E-state index contributed by atoms with van der Waals surface area (Å²) in [5.41, 5.74) is 1.89. The van der Waals surface area contributed by atoms with Crippen molar-refractivity contribution >= 4 is 17.3 Å². The largest absolute Gasteiger partial charge is 0.378 e. The van der Waals surface area contributed by atoms with Gasteiger partial charge >= 0.3 is 0 Å². The molecule has 0 aliphatic heterocycles. The van der Waals surface area contributed by atoms with E-state index in [0.717, 1.165) is 11.3 Å². The number of hydrogen-bond donors (Lipinski definition) is 1. The highest BCUT2D eigenvalue weighted by Gasteiger charge is 2.13. The summed E-state index contributed by atoms with van der Waals surface area (Å²) < 4.78 is 1.42. The first-order valence-electron chi connectivity index (χ1n) is 6.51. The fourth-order valence-electron chi connectivity index (χ4n) is 1.87. The molecule has 0 radical (unpaired) electrons. The van der Waals surface area contributed by atoms with Gasteiger partial charge in [-0.05, 0) is 30.7 Å². The van der Waals surface area contributed by atoms with Crippen LogP contribution in [0, 0.1) is 6.92 Å². The van der Waals surface area contributed by atoms with Crippen LogP contribution in [-0.4, -0.2) is 29.6 Å². The molecule has 21 heavy (non-hydrogen) atoms. The SMILES string of the molecule is Cc1ccn(C)c(=O)c1NC(=O)c1cc(N(C)C)ccn1. The molecule has 2 aromatic rings. The Labute approximate surface area is 123 Å². The molecule has 0 aliphatic rings. The topological polar surface area (TPSA) is 67.2 Å². The van der Waals surface area contributed by atoms with Crippen LogP contribution in [0.2, 0.25) is 0 Å². The van der Waals surface area contributed by atoms with Gasteiger partial charge in [0.05, 0.1) is 0 Å². The van der Waals surface area contributed by atoms with Crippen molar-refractivity contribution in [3.05, 3.63) is 52.2 Å². The maximum Gasteiger partial charge on any atom is 0.274 e. The lowest BCUT2D eigenvalue weighted by atomic mass is 10.2. The van der Waals surface area contributed by atoms with Crippen molar-refractivity contribution in [2.45, 2.75) is 6.92 Å². The van der Waals surface area contributed by atoms with E-state index in [1.54, 1.807) is 38.5 Å². The number of aryl methyl sites for hydroxylation is 2. The molecule has 1 N–H and O–H groups in total. The van der Waals surface area contributed by atoms with Crippen molar-refractivity contribution < 1.29 is 4.79 Å². The van der Waals surface area contributed by atoms with Crippen molar-refractivity contribution in [2.75, 3.05) is 24.3 Å². The molecule has 0 spiro atoms. The first kappa shape index (κ1) is 14.8. The van der Waals surface area contributed by atoms with Gasteiger partial charge in [-0.2, -0.15) is 0 Å². The Morgan fingerprint density at radius 2 is 2.05 bits per heavy atom. The average molecular weight is 286 g/mol. The summed E-state index contributed by atoms with van der Waals surface area (Å²) >= 11 is 0. The zero-order chi connectivity index (χ0) is 15.6. The number of nitrogens with zero attached hydrogens (tertiary/aromatic N) is 3. The number of carbonyl (C=O) groups is 1. The van der Waals surface area contributed by atoms with Gasteiger partial charge in [-0.15, -0.1) is 0 Å². The van der Waals surface area contributed by atoms with Crippen LogP contribution in [0.4, 0.5) is 11.4 Å². The first-order valence-corrected chi connectivity index (χ1v) is 6.51. The molecule has 0 saturated carbocycles. The van der Waals surface area contributed by atoms with Gasteiger partial charge in [0, 0.05) is 39.2 Å². The number of anilines is 2. The normalized spacial score (nSPS) is 10.3. The molecule has 2 aromatic heterocycles. The van der Waals surface area contributed by atoms with Gasteiger partial charge in [-0.1, -0.05) is 0 Å². The summed E-state index contributed by atoms with van der Waals surface area (Å²) in [6.07, 6.45) is 3.23. The van der Waals surface area contributed by atoms with Crippen molar-refractivity contribution in [3.63, 3.8) is 0 Å². The number of aromatic nitrogens is 2. The number of rotatable bonds is 3. The fraction of sp³-hybridized carbons (Fsp3) is 0.267. The van der Waals surface area contributed by atoms with Gasteiger partial charge in [0.2, 0.25) is 0 Å². The monoisotopic (exact) mass is 286 g/mol. The highest BCUT2D eigenvalue weighted by Crippen LogP contribution is 2.13. The third-order valence-electron chi connectivity index (χ3n) is 3.21. The molecular weight excluding hydrogens is 268 g/mol. The molecule has 0 aliphatic carbocycles. The van der Waals surface area contributed by atoms with Gasteiger partial charge in [0.1, 0.15) is 11.4 Å². The molecule has 2 heterocycles. The van der Waals surface area contributed by atoms with Gasteiger partial charge in [0.15, 0.2) is 0 Å². The fourth-order valence-corrected chi connectivity index (χ4v) is 1.87.